The molecule has 2 aliphatic rings. The minimum atomic E-state index is -0.0244. The van der Waals surface area contributed by atoms with E-state index >= 15 is 0 Å². The molecular weight excluding hydrogens is 239 g/mol. The fraction of sp³-hybridized carbons (Fsp3) is 0.625. The first-order valence-electron chi connectivity index (χ1n) is 7.54. The van der Waals surface area contributed by atoms with Crippen molar-refractivity contribution in [2.24, 2.45) is 0 Å². The van der Waals surface area contributed by atoms with Gasteiger partial charge >= 0.3 is 0 Å². The molecule has 1 aromatic carbocycles. The minimum absolute atomic E-state index is 0.0244. The Hall–Kier alpha value is -0.930. The van der Waals surface area contributed by atoms with E-state index < -0.39 is 0 Å². The van der Waals surface area contributed by atoms with Gasteiger partial charge in [0.1, 0.15) is 5.82 Å². The SMILES string of the molecule is Fc1cccc(CN2CCCC2)c1CN1CCCC1. The molecule has 3 heteroatoms. The van der Waals surface area contributed by atoms with Gasteiger partial charge in [0.15, 0.2) is 0 Å². The zero-order valence-electron chi connectivity index (χ0n) is 11.6. The molecule has 0 amide bonds. The molecule has 2 aliphatic heterocycles. The molecule has 2 nitrogen and oxygen atoms in total. The van der Waals surface area contributed by atoms with E-state index in [0.717, 1.165) is 31.7 Å². The van der Waals surface area contributed by atoms with Crippen LogP contribution in [0.5, 0.6) is 0 Å². The van der Waals surface area contributed by atoms with Gasteiger partial charge in [-0.1, -0.05) is 12.1 Å². The van der Waals surface area contributed by atoms with Crippen LogP contribution in [0.25, 0.3) is 0 Å². The van der Waals surface area contributed by atoms with Gasteiger partial charge < -0.3 is 0 Å². The molecule has 0 radical (unpaired) electrons. The monoisotopic (exact) mass is 262 g/mol. The first-order valence-corrected chi connectivity index (χ1v) is 7.54. The summed E-state index contributed by atoms with van der Waals surface area (Å²) in [6.07, 6.45) is 5.10. The Morgan fingerprint density at radius 1 is 0.842 bits per heavy atom. The van der Waals surface area contributed by atoms with Crippen LogP contribution in [0.3, 0.4) is 0 Å². The predicted molar refractivity (Wildman–Crippen MR) is 75.4 cm³/mol. The summed E-state index contributed by atoms with van der Waals surface area (Å²) in [5, 5.41) is 0. The second-order valence-electron chi connectivity index (χ2n) is 5.84. The van der Waals surface area contributed by atoms with Gasteiger partial charge in [0.25, 0.3) is 0 Å². The van der Waals surface area contributed by atoms with Crippen molar-refractivity contribution in [3.8, 4) is 0 Å². The van der Waals surface area contributed by atoms with Crippen molar-refractivity contribution in [1.29, 1.82) is 0 Å². The van der Waals surface area contributed by atoms with Gasteiger partial charge in [0, 0.05) is 18.7 Å². The van der Waals surface area contributed by atoms with E-state index in [0.29, 0.717) is 0 Å². The van der Waals surface area contributed by atoms with Crippen LogP contribution in [0.1, 0.15) is 36.8 Å². The van der Waals surface area contributed by atoms with Gasteiger partial charge in [0.05, 0.1) is 0 Å². The summed E-state index contributed by atoms with van der Waals surface area (Å²) in [5.41, 5.74) is 2.12. The van der Waals surface area contributed by atoms with Gasteiger partial charge in [-0.25, -0.2) is 4.39 Å². The van der Waals surface area contributed by atoms with Crippen molar-refractivity contribution in [1.82, 2.24) is 9.80 Å². The minimum Gasteiger partial charge on any atom is -0.299 e. The number of halogens is 1. The first kappa shape index (κ1) is 13.1. The number of benzene rings is 1. The topological polar surface area (TPSA) is 6.48 Å². The summed E-state index contributed by atoms with van der Waals surface area (Å²) in [6.45, 7) is 6.28. The predicted octanol–water partition coefficient (Wildman–Crippen LogP) is 3.02. The molecule has 0 saturated carbocycles. The molecule has 19 heavy (non-hydrogen) atoms. The molecule has 0 aromatic heterocycles. The third-order valence-electron chi connectivity index (χ3n) is 4.39. The van der Waals surface area contributed by atoms with Crippen molar-refractivity contribution in [2.45, 2.75) is 38.8 Å². The molecule has 0 spiro atoms. The highest BCUT2D eigenvalue weighted by atomic mass is 19.1. The quantitative estimate of drug-likeness (QED) is 0.823. The zero-order valence-corrected chi connectivity index (χ0v) is 11.6. The summed E-state index contributed by atoms with van der Waals surface area (Å²) in [6, 6.07) is 5.57. The molecule has 0 bridgehead atoms. The molecule has 0 atom stereocenters. The Bertz CT molecular complexity index is 421. The van der Waals surface area contributed by atoms with Gasteiger partial charge in [-0.15, -0.1) is 0 Å². The van der Waals surface area contributed by atoms with Crippen LogP contribution in [0.2, 0.25) is 0 Å². The maximum atomic E-state index is 14.1. The molecule has 2 heterocycles. The summed E-state index contributed by atoms with van der Waals surface area (Å²) >= 11 is 0. The number of rotatable bonds is 4. The lowest BCUT2D eigenvalue weighted by atomic mass is 10.1. The molecule has 1 aromatic rings. The van der Waals surface area contributed by atoms with Crippen molar-refractivity contribution >= 4 is 0 Å². The van der Waals surface area contributed by atoms with E-state index in [1.165, 1.54) is 44.3 Å². The smallest absolute Gasteiger partial charge is 0.128 e. The molecule has 0 aliphatic carbocycles. The van der Waals surface area contributed by atoms with Crippen molar-refractivity contribution < 1.29 is 4.39 Å². The van der Waals surface area contributed by atoms with Gasteiger partial charge in [0.2, 0.25) is 0 Å². The van der Waals surface area contributed by atoms with Crippen LogP contribution in [-0.4, -0.2) is 36.0 Å². The first-order chi connectivity index (χ1) is 9.33. The van der Waals surface area contributed by atoms with E-state index in [-0.39, 0.29) is 5.82 Å². The standard InChI is InChI=1S/C16H23FN2/c17-16-7-5-6-14(12-18-8-1-2-9-18)15(16)13-19-10-3-4-11-19/h5-7H,1-4,8-13H2. The van der Waals surface area contributed by atoms with E-state index in [1.54, 1.807) is 6.07 Å². The van der Waals surface area contributed by atoms with Crippen molar-refractivity contribution in [3.63, 3.8) is 0 Å². The fourth-order valence-electron chi connectivity index (χ4n) is 3.27. The molecule has 0 unspecified atom stereocenters. The Morgan fingerprint density at radius 2 is 1.42 bits per heavy atom. The molecule has 104 valence electrons. The van der Waals surface area contributed by atoms with Crippen LogP contribution in [0, 0.1) is 5.82 Å². The van der Waals surface area contributed by atoms with E-state index in [1.807, 2.05) is 6.07 Å². The van der Waals surface area contributed by atoms with Crippen LogP contribution in [0.15, 0.2) is 18.2 Å². The average molecular weight is 262 g/mol. The molecule has 0 N–H and O–H groups in total. The van der Waals surface area contributed by atoms with E-state index in [9.17, 15) is 4.39 Å². The van der Waals surface area contributed by atoms with Crippen molar-refractivity contribution in [2.75, 3.05) is 26.2 Å². The highest BCUT2D eigenvalue weighted by Crippen LogP contribution is 2.22. The molecular formula is C16H23FN2. The Labute approximate surface area is 115 Å². The zero-order chi connectivity index (χ0) is 13.1. The maximum absolute atomic E-state index is 14.1. The molecule has 3 rings (SSSR count). The van der Waals surface area contributed by atoms with E-state index in [2.05, 4.69) is 15.9 Å². The second kappa shape index (κ2) is 6.02. The lowest BCUT2D eigenvalue weighted by Gasteiger charge is -2.21. The lowest BCUT2D eigenvalue weighted by Crippen LogP contribution is -2.23. The Morgan fingerprint density at radius 3 is 2.05 bits per heavy atom. The highest BCUT2D eigenvalue weighted by Gasteiger charge is 2.19. The molecule has 2 fully saturated rings. The highest BCUT2D eigenvalue weighted by molar-refractivity contribution is 5.29. The van der Waals surface area contributed by atoms with Crippen LogP contribution in [0.4, 0.5) is 4.39 Å². The van der Waals surface area contributed by atoms with Gasteiger partial charge in [-0.3, -0.25) is 9.80 Å². The Kier molecular flexibility index (Phi) is 4.14. The van der Waals surface area contributed by atoms with Gasteiger partial charge in [-0.05, 0) is 63.5 Å². The van der Waals surface area contributed by atoms with Crippen LogP contribution in [-0.2, 0) is 13.1 Å². The van der Waals surface area contributed by atoms with E-state index in [4.69, 9.17) is 0 Å². The maximum Gasteiger partial charge on any atom is 0.128 e. The third-order valence-corrected chi connectivity index (χ3v) is 4.39. The fourth-order valence-corrected chi connectivity index (χ4v) is 3.27. The second-order valence-corrected chi connectivity index (χ2v) is 5.84. The average Bonchev–Trinajstić information content (AvgIpc) is 3.07. The van der Waals surface area contributed by atoms with Crippen LogP contribution < -0.4 is 0 Å². The summed E-state index contributed by atoms with van der Waals surface area (Å²) in [4.78, 5) is 4.83. The third kappa shape index (κ3) is 3.15. The summed E-state index contributed by atoms with van der Waals surface area (Å²) in [5.74, 6) is -0.0244. The number of likely N-dealkylation sites (tertiary alicyclic amines) is 2. The Balaban J connectivity index is 1.75. The van der Waals surface area contributed by atoms with Crippen LogP contribution >= 0.6 is 0 Å². The summed E-state index contributed by atoms with van der Waals surface area (Å²) < 4.78 is 14.1. The van der Waals surface area contributed by atoms with Gasteiger partial charge in [-0.2, -0.15) is 0 Å². The number of nitrogens with zero attached hydrogens (tertiary/aromatic N) is 2. The summed E-state index contributed by atoms with van der Waals surface area (Å²) in [7, 11) is 0. The number of hydrogen-bond acceptors (Lipinski definition) is 2. The normalized spacial score (nSPS) is 21.3. The largest absolute Gasteiger partial charge is 0.299 e. The lowest BCUT2D eigenvalue weighted by molar-refractivity contribution is 0.309. The van der Waals surface area contributed by atoms with Crippen molar-refractivity contribution in [3.05, 3.63) is 35.1 Å². The molecule has 2 saturated heterocycles. The number of hydrogen-bond donors (Lipinski definition) is 0.